The van der Waals surface area contributed by atoms with Gasteiger partial charge in [0.1, 0.15) is 6.61 Å². The highest BCUT2D eigenvalue weighted by Gasteiger charge is 2.09. The average molecular weight is 219 g/mol. The van der Waals surface area contributed by atoms with Crippen molar-refractivity contribution < 1.29 is 13.9 Å². The van der Waals surface area contributed by atoms with E-state index in [2.05, 4.69) is 9.52 Å². The number of carbonyl (C=O) groups is 1. The van der Waals surface area contributed by atoms with Crippen molar-refractivity contribution in [1.82, 2.24) is 9.78 Å². The van der Waals surface area contributed by atoms with Crippen molar-refractivity contribution in [3.63, 3.8) is 0 Å². The highest BCUT2D eigenvalue weighted by molar-refractivity contribution is 5.68. The van der Waals surface area contributed by atoms with Gasteiger partial charge in [0.05, 0.1) is 0 Å². The molecule has 2 rings (SSSR count). The van der Waals surface area contributed by atoms with E-state index in [1.54, 1.807) is 0 Å². The van der Waals surface area contributed by atoms with Crippen LogP contribution >= 0.6 is 0 Å². The largest absolute Gasteiger partial charge is 0.443 e. The monoisotopic (exact) mass is 219 g/mol. The van der Waals surface area contributed by atoms with Crippen LogP contribution in [0.2, 0.25) is 0 Å². The lowest BCUT2D eigenvalue weighted by molar-refractivity contribution is 0.135. The molecular formula is C10H9N3O3. The Labute approximate surface area is 90.6 Å². The Morgan fingerprint density at radius 3 is 2.81 bits per heavy atom. The van der Waals surface area contributed by atoms with Gasteiger partial charge in [-0.2, -0.15) is 0 Å². The lowest BCUT2D eigenvalue weighted by Gasteiger charge is -2.02. The number of hydrogen-bond donors (Lipinski definition) is 1. The first-order valence-electron chi connectivity index (χ1n) is 4.56. The van der Waals surface area contributed by atoms with E-state index in [9.17, 15) is 4.79 Å². The van der Waals surface area contributed by atoms with Gasteiger partial charge in [0, 0.05) is 0 Å². The molecule has 0 aliphatic carbocycles. The van der Waals surface area contributed by atoms with Crippen LogP contribution in [0.3, 0.4) is 0 Å². The first kappa shape index (κ1) is 10.2. The van der Waals surface area contributed by atoms with Crippen molar-refractivity contribution in [3.05, 3.63) is 48.0 Å². The molecular weight excluding hydrogens is 210 g/mol. The smallest absolute Gasteiger partial charge is 0.439 e. The van der Waals surface area contributed by atoms with E-state index in [0.717, 1.165) is 16.6 Å². The molecule has 0 saturated heterocycles. The maximum Gasteiger partial charge on any atom is 0.439 e. The second-order valence-corrected chi connectivity index (χ2v) is 3.00. The van der Waals surface area contributed by atoms with Gasteiger partial charge in [-0.1, -0.05) is 30.3 Å². The Kier molecular flexibility index (Phi) is 2.81. The van der Waals surface area contributed by atoms with Crippen LogP contribution in [0.1, 0.15) is 5.56 Å². The van der Waals surface area contributed by atoms with Crippen molar-refractivity contribution in [2.45, 2.75) is 6.61 Å². The van der Waals surface area contributed by atoms with Crippen LogP contribution < -0.4 is 5.68 Å². The number of benzene rings is 1. The summed E-state index contributed by atoms with van der Waals surface area (Å²) in [6, 6.07) is 9.25. The van der Waals surface area contributed by atoms with E-state index in [1.165, 1.54) is 0 Å². The number of nitrogens with one attached hydrogen (secondary N) is 1. The molecule has 16 heavy (non-hydrogen) atoms. The minimum Gasteiger partial charge on any atom is -0.443 e. The van der Waals surface area contributed by atoms with Crippen molar-refractivity contribution in [1.29, 1.82) is 5.41 Å². The van der Waals surface area contributed by atoms with Crippen LogP contribution in [0.15, 0.2) is 41.1 Å². The maximum atomic E-state index is 11.4. The van der Waals surface area contributed by atoms with E-state index in [1.807, 2.05) is 30.3 Å². The molecule has 82 valence electrons. The predicted molar refractivity (Wildman–Crippen MR) is 52.4 cm³/mol. The molecule has 1 aromatic heterocycles. The molecule has 6 heteroatoms. The van der Waals surface area contributed by atoms with Gasteiger partial charge < -0.3 is 9.15 Å². The SMILES string of the molecule is N=c1ocnn1C(=O)OCc1ccccc1. The summed E-state index contributed by atoms with van der Waals surface area (Å²) in [6.07, 6.45) is 0.272. The summed E-state index contributed by atoms with van der Waals surface area (Å²) < 4.78 is 10.2. The molecule has 2 aromatic rings. The summed E-state index contributed by atoms with van der Waals surface area (Å²) in [4.78, 5) is 11.4. The van der Waals surface area contributed by atoms with Gasteiger partial charge in [0.15, 0.2) is 0 Å². The molecule has 0 atom stereocenters. The average Bonchev–Trinajstić information content (AvgIpc) is 2.74. The number of ether oxygens (including phenoxy) is 1. The van der Waals surface area contributed by atoms with Crippen molar-refractivity contribution in [2.24, 2.45) is 0 Å². The second-order valence-electron chi connectivity index (χ2n) is 3.00. The molecule has 1 N–H and O–H groups in total. The summed E-state index contributed by atoms with van der Waals surface area (Å²) in [7, 11) is 0. The van der Waals surface area contributed by atoms with Crippen molar-refractivity contribution >= 4 is 6.09 Å². The number of hydrogen-bond acceptors (Lipinski definition) is 5. The molecule has 0 spiro atoms. The second kappa shape index (κ2) is 4.43. The highest BCUT2D eigenvalue weighted by atomic mass is 16.6. The fourth-order valence-corrected chi connectivity index (χ4v) is 1.13. The minimum atomic E-state index is -0.734. The predicted octanol–water partition coefficient (Wildman–Crippen LogP) is 1.14. The van der Waals surface area contributed by atoms with Crippen LogP contribution in [0, 0.1) is 5.41 Å². The number of aromatic nitrogens is 2. The summed E-state index contributed by atoms with van der Waals surface area (Å²) in [5.74, 6) is 0. The summed E-state index contributed by atoms with van der Waals surface area (Å²) in [5.41, 5.74) is 0.504. The zero-order chi connectivity index (χ0) is 11.4. The molecule has 0 bridgehead atoms. The van der Waals surface area contributed by atoms with Crippen molar-refractivity contribution in [2.75, 3.05) is 0 Å². The van der Waals surface area contributed by atoms with Gasteiger partial charge in [-0.05, 0) is 5.56 Å². The lowest BCUT2D eigenvalue weighted by Crippen LogP contribution is -2.25. The standard InChI is InChI=1S/C10H9N3O3/c11-9-13(12-7-16-9)10(14)15-6-8-4-2-1-3-5-8/h1-5,7,11H,6H2. The number of nitrogens with zero attached hydrogens (tertiary/aromatic N) is 2. The Hall–Kier alpha value is -2.37. The third-order valence-electron chi connectivity index (χ3n) is 1.90. The molecule has 0 fully saturated rings. The quantitative estimate of drug-likeness (QED) is 0.821. The van der Waals surface area contributed by atoms with Gasteiger partial charge in [-0.25, -0.2) is 10.2 Å². The topological polar surface area (TPSA) is 81.1 Å². The van der Waals surface area contributed by atoms with E-state index in [4.69, 9.17) is 10.1 Å². The zero-order valence-electron chi connectivity index (χ0n) is 8.29. The maximum absolute atomic E-state index is 11.4. The lowest BCUT2D eigenvalue weighted by atomic mass is 10.2. The van der Waals surface area contributed by atoms with E-state index in [-0.39, 0.29) is 12.3 Å². The molecule has 6 nitrogen and oxygen atoms in total. The zero-order valence-corrected chi connectivity index (χ0v) is 8.29. The molecule has 0 saturated carbocycles. The van der Waals surface area contributed by atoms with Crippen molar-refractivity contribution in [3.8, 4) is 0 Å². The fourth-order valence-electron chi connectivity index (χ4n) is 1.13. The van der Waals surface area contributed by atoms with E-state index >= 15 is 0 Å². The Bertz CT molecular complexity index is 529. The van der Waals surface area contributed by atoms with Crippen LogP contribution in [0.5, 0.6) is 0 Å². The summed E-state index contributed by atoms with van der Waals surface area (Å²) in [5, 5.41) is 10.7. The van der Waals surface area contributed by atoms with Crippen LogP contribution in [0.4, 0.5) is 4.79 Å². The molecule has 0 aliphatic heterocycles. The highest BCUT2D eigenvalue weighted by Crippen LogP contribution is 2.00. The molecule has 0 amide bonds. The Balaban J connectivity index is 2.00. The molecule has 0 radical (unpaired) electrons. The first-order chi connectivity index (χ1) is 7.77. The van der Waals surface area contributed by atoms with Gasteiger partial charge in [-0.3, -0.25) is 0 Å². The molecule has 1 heterocycles. The molecule has 1 aromatic carbocycles. The van der Waals surface area contributed by atoms with Crippen LogP contribution in [-0.2, 0) is 11.3 Å². The van der Waals surface area contributed by atoms with Gasteiger partial charge in [0.2, 0.25) is 6.39 Å². The first-order valence-corrected chi connectivity index (χ1v) is 4.56. The molecule has 0 unspecified atom stereocenters. The normalized spacial score (nSPS) is 10.0. The van der Waals surface area contributed by atoms with E-state index < -0.39 is 6.09 Å². The van der Waals surface area contributed by atoms with Gasteiger partial charge in [0.25, 0.3) is 0 Å². The third-order valence-corrected chi connectivity index (χ3v) is 1.90. The Morgan fingerprint density at radius 1 is 1.44 bits per heavy atom. The van der Waals surface area contributed by atoms with Gasteiger partial charge >= 0.3 is 11.8 Å². The third kappa shape index (κ3) is 2.17. The minimum absolute atomic E-state index is 0.138. The Morgan fingerprint density at radius 2 is 2.19 bits per heavy atom. The van der Waals surface area contributed by atoms with Crippen LogP contribution in [0.25, 0.3) is 0 Å². The summed E-state index contributed by atoms with van der Waals surface area (Å²) >= 11 is 0. The molecule has 0 aliphatic rings. The van der Waals surface area contributed by atoms with Gasteiger partial charge in [-0.15, -0.1) is 9.78 Å². The summed E-state index contributed by atoms with van der Waals surface area (Å²) in [6.45, 7) is 0.138. The van der Waals surface area contributed by atoms with Crippen LogP contribution in [-0.4, -0.2) is 15.9 Å². The van der Waals surface area contributed by atoms with E-state index in [0.29, 0.717) is 0 Å². The number of carbonyl (C=O) groups excluding carboxylic acids is 1. The fraction of sp³-hybridized carbons (Fsp3) is 0.100. The number of rotatable bonds is 2.